The first-order valence-corrected chi connectivity index (χ1v) is 30.8. The van der Waals surface area contributed by atoms with Crippen LogP contribution in [0.4, 0.5) is 0 Å². The third-order valence-corrected chi connectivity index (χ3v) is 18.5. The van der Waals surface area contributed by atoms with E-state index in [1.807, 2.05) is 129 Å². The summed E-state index contributed by atoms with van der Waals surface area (Å²) in [7, 11) is 1.44. The standard InChI is InChI=1S/2C11H14N2O.C9H11N3O2.4C9H11N3O/c1-6-5-13-9(4)8(3)11(14)12-10(13)7(6)2;1-6-5-13-10(7(6)2)12-9(4)8(3)11(13)14;1-5-4-12-7(6(5)2)10-8(13)11(3)9(12)14;1-5-4-12-7(3)10-9(13)11-8(12)6(5)2;1-5-4-12-8(6(5)2)10-7(3)11-9(12)13;1-5-4-12-8(6(5)2)10-9(13)7(3)11-12;1-5-4-12-8(6(5)2)11-10-7(3)9(12)13/h2*5H2,1-4H3;4H2,1-3H3;4*4H2,1-3H3. The fourth-order valence-corrected chi connectivity index (χ4v) is 11.0. The van der Waals surface area contributed by atoms with Crippen LogP contribution in [0.25, 0.3) is 39.0 Å². The second kappa shape index (κ2) is 27.2. The molecule has 0 bridgehead atoms. The number of aromatic nitrogens is 19. The van der Waals surface area contributed by atoms with Crippen molar-refractivity contribution in [1.82, 2.24) is 91.8 Å². The van der Waals surface area contributed by atoms with Crippen molar-refractivity contribution in [3.8, 4) is 0 Å². The minimum atomic E-state index is -0.490. The number of hydrogen-bond donors (Lipinski definition) is 0. The topological polar surface area (TPSA) is 318 Å². The Hall–Kier alpha value is -10.2. The van der Waals surface area contributed by atoms with E-state index in [2.05, 4.69) is 66.7 Å². The monoisotopic (exact) mass is 1280 g/mol. The Morgan fingerprint density at radius 2 is 0.734 bits per heavy atom. The molecule has 0 radical (unpaired) electrons. The molecule has 0 aromatic carbocycles. The van der Waals surface area contributed by atoms with E-state index in [9.17, 15) is 38.4 Å². The van der Waals surface area contributed by atoms with Crippen LogP contribution in [0.3, 0.4) is 0 Å². The lowest BCUT2D eigenvalue weighted by Gasteiger charge is -2.10. The zero-order valence-corrected chi connectivity index (χ0v) is 58.2. The molecule has 0 spiro atoms. The van der Waals surface area contributed by atoms with Gasteiger partial charge in [-0.2, -0.15) is 35.0 Å². The summed E-state index contributed by atoms with van der Waals surface area (Å²) in [5, 5.41) is 12.0. The molecule has 0 amide bonds. The highest BCUT2D eigenvalue weighted by Gasteiger charge is 2.25. The van der Waals surface area contributed by atoms with Crippen LogP contribution in [-0.4, -0.2) is 91.8 Å². The maximum atomic E-state index is 11.9. The van der Waals surface area contributed by atoms with Crippen molar-refractivity contribution in [3.05, 3.63) is 209 Å². The van der Waals surface area contributed by atoms with Crippen molar-refractivity contribution in [2.45, 2.75) is 198 Å². The van der Waals surface area contributed by atoms with E-state index in [-0.39, 0.29) is 33.6 Å². The summed E-state index contributed by atoms with van der Waals surface area (Å²) in [6, 6.07) is 0. The van der Waals surface area contributed by atoms with Gasteiger partial charge in [0.2, 0.25) is 0 Å². The molecule has 94 heavy (non-hydrogen) atoms. The molecular formula is C67H83N19O8. The van der Waals surface area contributed by atoms with Gasteiger partial charge in [0.25, 0.3) is 22.2 Å². The van der Waals surface area contributed by atoms with E-state index in [0.717, 1.165) is 120 Å². The minimum absolute atomic E-state index is 0.0267. The Labute approximate surface area is 542 Å². The Morgan fingerprint density at radius 3 is 1.30 bits per heavy atom. The molecule has 27 nitrogen and oxygen atoms in total. The van der Waals surface area contributed by atoms with Crippen molar-refractivity contribution in [1.29, 1.82) is 0 Å². The van der Waals surface area contributed by atoms with Gasteiger partial charge < -0.3 is 9.13 Å². The third-order valence-electron chi connectivity index (χ3n) is 18.5. The van der Waals surface area contributed by atoms with Crippen LogP contribution in [0.1, 0.15) is 183 Å². The van der Waals surface area contributed by atoms with Gasteiger partial charge >= 0.3 is 22.8 Å². The quantitative estimate of drug-likeness (QED) is 0.166. The average molecular weight is 1280 g/mol. The first-order valence-electron chi connectivity index (χ1n) is 30.8. The highest BCUT2D eigenvalue weighted by Crippen LogP contribution is 2.29. The Bertz CT molecular complexity index is 5150. The van der Waals surface area contributed by atoms with Crippen LogP contribution < -0.4 is 45.0 Å². The number of allylic oxidation sites excluding steroid dienone is 14. The molecule has 0 fully saturated rings. The van der Waals surface area contributed by atoms with Crippen molar-refractivity contribution in [3.63, 3.8) is 0 Å². The van der Waals surface area contributed by atoms with Crippen LogP contribution >= 0.6 is 0 Å². The predicted octanol–water partition coefficient (Wildman–Crippen LogP) is 6.10. The van der Waals surface area contributed by atoms with Crippen LogP contribution in [0.15, 0.2) is 77.4 Å². The van der Waals surface area contributed by atoms with Gasteiger partial charge in [-0.3, -0.25) is 37.4 Å². The average Bonchev–Trinajstić information content (AvgIpc) is 1.62. The Kier molecular flexibility index (Phi) is 20.1. The summed E-state index contributed by atoms with van der Waals surface area (Å²) in [6.07, 6.45) is 0. The van der Waals surface area contributed by atoms with Crippen LogP contribution in [0.5, 0.6) is 0 Å². The summed E-state index contributed by atoms with van der Waals surface area (Å²) in [4.78, 5) is 124. The summed E-state index contributed by atoms with van der Waals surface area (Å²) in [6.45, 7) is 47.5. The van der Waals surface area contributed by atoms with Gasteiger partial charge in [0, 0.05) is 55.7 Å². The van der Waals surface area contributed by atoms with E-state index >= 15 is 0 Å². The normalized spacial score (nSPS) is 14.9. The molecule has 0 unspecified atom stereocenters. The van der Waals surface area contributed by atoms with Crippen molar-refractivity contribution in [2.24, 2.45) is 7.05 Å². The molecule has 7 aromatic rings. The zero-order valence-electron chi connectivity index (χ0n) is 58.2. The van der Waals surface area contributed by atoms with Crippen LogP contribution in [-0.2, 0) is 52.9 Å². The number of rotatable bonds is 0. The SMILES string of the molecule is CC1=C(C)c2nc(=O)c(C)c(C)n2C1.CC1=C(C)c2nc(=O)c(C)nn2C1.CC1=C(C)c2nc(=O)n(C)c(=O)n2C1.CC1=C(C)c2nc(=O)nc(C)n2C1.CC1=C(C)c2nc(C)c(C)c(=O)n2C1.CC1=C(C)c2nc(C)nc(=O)n2C1.CC1=C(C)c2nnc(C)c(=O)n2C1. The lowest BCUT2D eigenvalue weighted by Crippen LogP contribution is -2.40. The van der Waals surface area contributed by atoms with E-state index in [0.29, 0.717) is 60.9 Å². The highest BCUT2D eigenvalue weighted by atomic mass is 16.2. The number of hydrogen-bond acceptors (Lipinski definition) is 19. The van der Waals surface area contributed by atoms with Gasteiger partial charge in [-0.25, -0.2) is 38.4 Å². The van der Waals surface area contributed by atoms with Gasteiger partial charge in [-0.1, -0.05) is 0 Å². The second-order valence-electron chi connectivity index (χ2n) is 25.0. The number of nitrogens with zero attached hydrogens (tertiary/aromatic N) is 19. The van der Waals surface area contributed by atoms with Crippen molar-refractivity contribution in [2.75, 3.05) is 0 Å². The molecule has 14 heterocycles. The fraction of sp³-hybridized carbons (Fsp3) is 0.448. The third kappa shape index (κ3) is 13.5. The number of fused-ring (bicyclic) bond motifs is 7. The molecule has 0 atom stereocenters. The van der Waals surface area contributed by atoms with Gasteiger partial charge in [0.1, 0.15) is 52.2 Å². The van der Waals surface area contributed by atoms with E-state index < -0.39 is 11.4 Å². The smallest absolute Gasteiger partial charge is 0.326 e. The molecule has 14 rings (SSSR count). The highest BCUT2D eigenvalue weighted by molar-refractivity contribution is 5.68. The van der Waals surface area contributed by atoms with Gasteiger partial charge in [-0.15, -0.1) is 10.2 Å². The van der Waals surface area contributed by atoms with Crippen molar-refractivity contribution < 1.29 is 0 Å². The molecule has 0 aliphatic carbocycles. The Balaban J connectivity index is 0.000000141. The molecule has 0 saturated carbocycles. The van der Waals surface area contributed by atoms with Crippen molar-refractivity contribution >= 4 is 39.0 Å². The molecular weight excluding hydrogens is 1200 g/mol. The first-order chi connectivity index (χ1) is 43.9. The van der Waals surface area contributed by atoms with Crippen LogP contribution in [0.2, 0.25) is 0 Å². The second-order valence-corrected chi connectivity index (χ2v) is 25.0. The number of aryl methyl sites for hydroxylation is 5. The van der Waals surface area contributed by atoms with E-state index in [1.54, 1.807) is 39.2 Å². The lowest BCUT2D eigenvalue weighted by atomic mass is 10.2. The molecule has 494 valence electrons. The maximum absolute atomic E-state index is 11.9. The minimum Gasteiger partial charge on any atom is -0.326 e. The molecule has 7 aliphatic heterocycles. The van der Waals surface area contributed by atoms with Gasteiger partial charge in [0.05, 0.1) is 19.6 Å². The summed E-state index contributed by atoms with van der Waals surface area (Å²) in [5.74, 6) is 6.46. The molecule has 7 aromatic heterocycles. The predicted molar refractivity (Wildman–Crippen MR) is 362 cm³/mol. The molecule has 0 saturated heterocycles. The van der Waals surface area contributed by atoms with Gasteiger partial charge in [0.15, 0.2) is 11.6 Å². The Morgan fingerprint density at radius 1 is 0.309 bits per heavy atom. The first kappa shape index (κ1) is 69.7. The fourth-order valence-electron chi connectivity index (χ4n) is 11.0. The summed E-state index contributed by atoms with van der Waals surface area (Å²) < 4.78 is 13.4. The molecule has 27 heteroatoms. The largest absolute Gasteiger partial charge is 0.370 e. The lowest BCUT2D eigenvalue weighted by molar-refractivity contribution is 0.614. The van der Waals surface area contributed by atoms with Crippen LogP contribution in [0, 0.1) is 55.4 Å². The maximum Gasteiger partial charge on any atom is 0.370 e. The zero-order chi connectivity index (χ0) is 69.7. The summed E-state index contributed by atoms with van der Waals surface area (Å²) in [5.41, 5.74) is 18.8. The molecule has 0 N–H and O–H groups in total. The van der Waals surface area contributed by atoms with E-state index in [4.69, 9.17) is 0 Å². The van der Waals surface area contributed by atoms with Gasteiger partial charge in [-0.05, 0) is 230 Å². The van der Waals surface area contributed by atoms with E-state index in [1.165, 1.54) is 45.1 Å². The molecule has 7 aliphatic rings. The summed E-state index contributed by atoms with van der Waals surface area (Å²) >= 11 is 0.